The van der Waals surface area contributed by atoms with Crippen LogP contribution < -0.4 is 0 Å². The molecule has 6 heteroatoms. The third-order valence-electron chi connectivity index (χ3n) is 6.35. The molecule has 0 N–H and O–H groups in total. The van der Waals surface area contributed by atoms with Crippen LogP contribution in [0.2, 0.25) is 0 Å². The molecule has 3 aromatic rings. The van der Waals surface area contributed by atoms with E-state index in [1.165, 1.54) is 5.56 Å². The highest BCUT2D eigenvalue weighted by molar-refractivity contribution is 5.76. The topological polar surface area (TPSA) is 62.5 Å². The van der Waals surface area contributed by atoms with Gasteiger partial charge in [-0.25, -0.2) is 4.98 Å². The molecule has 6 nitrogen and oxygen atoms in total. The lowest BCUT2D eigenvalue weighted by Gasteiger charge is -2.36. The number of hydrogen-bond donors (Lipinski definition) is 0. The largest absolute Gasteiger partial charge is 0.441 e. The van der Waals surface area contributed by atoms with Crippen LogP contribution in [0.5, 0.6) is 0 Å². The van der Waals surface area contributed by atoms with Crippen molar-refractivity contribution in [3.63, 3.8) is 0 Å². The summed E-state index contributed by atoms with van der Waals surface area (Å²) in [4.78, 5) is 25.9. The summed E-state index contributed by atoms with van der Waals surface area (Å²) in [7, 11) is 1.93. The Balaban J connectivity index is 1.20. The first-order valence-electron chi connectivity index (χ1n) is 11.5. The number of aromatic nitrogens is 2. The molecule has 0 atom stereocenters. The molecule has 0 saturated carbocycles. The Morgan fingerprint density at radius 3 is 2.59 bits per heavy atom. The fourth-order valence-corrected chi connectivity index (χ4v) is 4.22. The van der Waals surface area contributed by atoms with E-state index < -0.39 is 0 Å². The van der Waals surface area contributed by atoms with E-state index in [1.807, 2.05) is 42.4 Å². The normalized spacial score (nSPS) is 15.1. The van der Waals surface area contributed by atoms with Crippen molar-refractivity contribution >= 4 is 5.91 Å². The summed E-state index contributed by atoms with van der Waals surface area (Å²) in [5, 5.41) is 0. The number of piperidine rings is 1. The Hall–Kier alpha value is -2.99. The van der Waals surface area contributed by atoms with Gasteiger partial charge in [0.15, 0.2) is 11.7 Å². The summed E-state index contributed by atoms with van der Waals surface area (Å²) in [6.45, 7) is 5.13. The van der Waals surface area contributed by atoms with E-state index in [0.29, 0.717) is 24.8 Å². The van der Waals surface area contributed by atoms with Gasteiger partial charge in [0, 0.05) is 69.4 Å². The van der Waals surface area contributed by atoms with E-state index in [4.69, 9.17) is 4.42 Å². The first kappa shape index (κ1) is 22.2. The molecule has 1 fully saturated rings. The number of aryl methyl sites for hydroxylation is 2. The molecule has 0 aliphatic carbocycles. The van der Waals surface area contributed by atoms with E-state index in [-0.39, 0.29) is 5.91 Å². The summed E-state index contributed by atoms with van der Waals surface area (Å²) < 4.78 is 5.87. The zero-order valence-corrected chi connectivity index (χ0v) is 19.0. The first-order valence-corrected chi connectivity index (χ1v) is 11.5. The van der Waals surface area contributed by atoms with Gasteiger partial charge in [0.1, 0.15) is 0 Å². The van der Waals surface area contributed by atoms with Crippen LogP contribution >= 0.6 is 0 Å². The number of benzene rings is 1. The minimum Gasteiger partial charge on any atom is -0.441 e. The van der Waals surface area contributed by atoms with Gasteiger partial charge >= 0.3 is 0 Å². The van der Waals surface area contributed by atoms with Gasteiger partial charge in [-0.2, -0.15) is 0 Å². The Bertz CT molecular complexity index is 992. The van der Waals surface area contributed by atoms with Crippen LogP contribution in [-0.2, 0) is 17.6 Å². The highest BCUT2D eigenvalue weighted by atomic mass is 16.4. The van der Waals surface area contributed by atoms with Crippen molar-refractivity contribution in [2.45, 2.75) is 45.1 Å². The number of rotatable bonds is 8. The summed E-state index contributed by atoms with van der Waals surface area (Å²) in [6, 6.07) is 14.5. The molecular weight excluding hydrogens is 400 g/mol. The maximum atomic E-state index is 12.8. The molecule has 1 aliphatic rings. The van der Waals surface area contributed by atoms with Crippen LogP contribution in [0.15, 0.2) is 59.3 Å². The van der Waals surface area contributed by atoms with Crippen LogP contribution in [-0.4, -0.2) is 58.4 Å². The van der Waals surface area contributed by atoms with Gasteiger partial charge in [-0.3, -0.25) is 9.78 Å². The van der Waals surface area contributed by atoms with E-state index in [1.54, 1.807) is 6.20 Å². The van der Waals surface area contributed by atoms with Crippen molar-refractivity contribution in [3.05, 3.63) is 72.0 Å². The van der Waals surface area contributed by atoms with Crippen LogP contribution in [0.1, 0.15) is 36.4 Å². The lowest BCUT2D eigenvalue weighted by atomic mass is 10.0. The lowest BCUT2D eigenvalue weighted by molar-refractivity contribution is -0.132. The zero-order chi connectivity index (χ0) is 22.3. The highest BCUT2D eigenvalue weighted by Crippen LogP contribution is 2.22. The van der Waals surface area contributed by atoms with Crippen molar-refractivity contribution in [3.8, 4) is 11.3 Å². The summed E-state index contributed by atoms with van der Waals surface area (Å²) >= 11 is 0. The molecule has 0 radical (unpaired) electrons. The second kappa shape index (κ2) is 10.6. The van der Waals surface area contributed by atoms with Crippen molar-refractivity contribution < 1.29 is 9.21 Å². The van der Waals surface area contributed by atoms with Gasteiger partial charge in [0.2, 0.25) is 5.91 Å². The van der Waals surface area contributed by atoms with Crippen molar-refractivity contribution in [1.29, 1.82) is 0 Å². The summed E-state index contributed by atoms with van der Waals surface area (Å²) in [6.07, 6.45) is 7.55. The molecular formula is C26H32N4O2. The van der Waals surface area contributed by atoms with Gasteiger partial charge in [-0.15, -0.1) is 0 Å². The Morgan fingerprint density at radius 1 is 1.09 bits per heavy atom. The van der Waals surface area contributed by atoms with Crippen LogP contribution in [0.3, 0.4) is 0 Å². The van der Waals surface area contributed by atoms with E-state index >= 15 is 0 Å². The van der Waals surface area contributed by atoms with Gasteiger partial charge in [0.05, 0.1) is 6.20 Å². The summed E-state index contributed by atoms with van der Waals surface area (Å²) in [5.41, 5.74) is 3.35. The number of carbonyl (C=O) groups is 1. The number of carbonyl (C=O) groups excluding carboxylic acids is 1. The van der Waals surface area contributed by atoms with E-state index in [2.05, 4.69) is 40.0 Å². The Labute approximate surface area is 190 Å². The number of amides is 1. The second-order valence-corrected chi connectivity index (χ2v) is 8.63. The van der Waals surface area contributed by atoms with Crippen LogP contribution in [0.25, 0.3) is 11.3 Å². The van der Waals surface area contributed by atoms with E-state index in [0.717, 1.165) is 55.9 Å². The molecule has 4 rings (SSSR count). The maximum absolute atomic E-state index is 12.8. The predicted octanol–water partition coefficient (Wildman–Crippen LogP) is 4.14. The minimum atomic E-state index is 0.159. The average molecular weight is 433 g/mol. The van der Waals surface area contributed by atoms with Gasteiger partial charge in [-0.05, 0) is 31.9 Å². The minimum absolute atomic E-state index is 0.159. The van der Waals surface area contributed by atoms with Gasteiger partial charge in [-0.1, -0.05) is 35.9 Å². The highest BCUT2D eigenvalue weighted by Gasteiger charge is 2.25. The molecule has 1 aromatic carbocycles. The quantitative estimate of drug-likeness (QED) is 0.535. The molecule has 2 aromatic heterocycles. The van der Waals surface area contributed by atoms with Crippen molar-refractivity contribution in [2.24, 2.45) is 0 Å². The van der Waals surface area contributed by atoms with Crippen molar-refractivity contribution in [1.82, 2.24) is 19.8 Å². The number of hydrogen-bond acceptors (Lipinski definition) is 5. The third kappa shape index (κ3) is 5.82. The molecule has 0 unspecified atom stereocenters. The van der Waals surface area contributed by atoms with E-state index in [9.17, 15) is 4.79 Å². The van der Waals surface area contributed by atoms with Crippen molar-refractivity contribution in [2.75, 3.05) is 26.7 Å². The summed E-state index contributed by atoms with van der Waals surface area (Å²) in [5.74, 6) is 1.53. The number of nitrogens with zero attached hydrogens (tertiary/aromatic N) is 4. The maximum Gasteiger partial charge on any atom is 0.223 e. The number of oxazole rings is 1. The number of likely N-dealkylation sites (tertiary alicyclic amines) is 1. The average Bonchev–Trinajstić information content (AvgIpc) is 3.31. The molecule has 1 saturated heterocycles. The third-order valence-corrected chi connectivity index (χ3v) is 6.35. The molecule has 168 valence electrons. The Morgan fingerprint density at radius 2 is 1.88 bits per heavy atom. The molecule has 3 heterocycles. The Kier molecular flexibility index (Phi) is 7.32. The first-order chi connectivity index (χ1) is 15.6. The molecule has 1 amide bonds. The van der Waals surface area contributed by atoms with Crippen LogP contribution in [0.4, 0.5) is 0 Å². The second-order valence-electron chi connectivity index (χ2n) is 8.63. The fraction of sp³-hybridized carbons (Fsp3) is 0.423. The number of pyridine rings is 1. The smallest absolute Gasteiger partial charge is 0.223 e. The molecule has 0 bridgehead atoms. The lowest BCUT2D eigenvalue weighted by Crippen LogP contribution is -2.46. The molecule has 1 aliphatic heterocycles. The SMILES string of the molecule is Cc1ccc(-c2cnc(CCC(=O)N(C)C3CCN(CCc4ccccn4)CC3)o2)cc1. The van der Waals surface area contributed by atoms with Gasteiger partial charge < -0.3 is 14.2 Å². The fourth-order valence-electron chi connectivity index (χ4n) is 4.22. The molecule has 0 spiro atoms. The predicted molar refractivity (Wildman–Crippen MR) is 125 cm³/mol. The standard InChI is InChI=1S/C26H32N4O2/c1-20-6-8-21(9-7-20)24-19-28-25(32-24)10-11-26(31)29(2)23-13-17-30(18-14-23)16-12-22-5-3-4-15-27-22/h3-9,15,19,23H,10-14,16-18H2,1-2H3. The zero-order valence-electron chi connectivity index (χ0n) is 19.0. The van der Waals surface area contributed by atoms with Crippen LogP contribution in [0, 0.1) is 6.92 Å². The monoisotopic (exact) mass is 432 g/mol. The molecule has 32 heavy (non-hydrogen) atoms. The van der Waals surface area contributed by atoms with Gasteiger partial charge in [0.25, 0.3) is 0 Å².